The highest BCUT2D eigenvalue weighted by atomic mass is 16.5. The molecule has 0 aliphatic heterocycles. The van der Waals surface area contributed by atoms with Crippen LogP contribution < -0.4 is 10.6 Å². The van der Waals surface area contributed by atoms with Gasteiger partial charge < -0.3 is 25.2 Å². The van der Waals surface area contributed by atoms with Crippen molar-refractivity contribution in [1.29, 1.82) is 0 Å². The maximum absolute atomic E-state index is 11.6. The fourth-order valence-electron chi connectivity index (χ4n) is 1.43. The first-order valence-electron chi connectivity index (χ1n) is 6.28. The maximum atomic E-state index is 11.6. The van der Waals surface area contributed by atoms with Gasteiger partial charge in [0, 0.05) is 6.54 Å². The van der Waals surface area contributed by atoms with Gasteiger partial charge in [-0.05, 0) is 12.3 Å². The van der Waals surface area contributed by atoms with Gasteiger partial charge in [-0.3, -0.25) is 0 Å². The van der Waals surface area contributed by atoms with Gasteiger partial charge in [0.15, 0.2) is 0 Å². The lowest BCUT2D eigenvalue weighted by Gasteiger charge is -2.18. The van der Waals surface area contributed by atoms with Crippen molar-refractivity contribution in [3.05, 3.63) is 0 Å². The number of aliphatic carboxylic acids is 1. The Bertz CT molecular complexity index is 332. The Kier molecular flexibility index (Phi) is 9.10. The summed E-state index contributed by atoms with van der Waals surface area (Å²) in [4.78, 5) is 33.2. The van der Waals surface area contributed by atoms with Crippen molar-refractivity contribution >= 4 is 18.0 Å². The van der Waals surface area contributed by atoms with E-state index in [2.05, 4.69) is 15.4 Å². The number of ether oxygens (including phenoxy) is 2. The lowest BCUT2D eigenvalue weighted by Crippen LogP contribution is -2.47. The molecular weight excluding hydrogens is 268 g/mol. The number of urea groups is 1. The van der Waals surface area contributed by atoms with E-state index in [0.29, 0.717) is 6.42 Å². The molecule has 1 atom stereocenters. The number of hydrogen-bond acceptors (Lipinski definition) is 5. The lowest BCUT2D eigenvalue weighted by molar-refractivity contribution is -0.143. The van der Waals surface area contributed by atoms with E-state index in [1.165, 1.54) is 7.11 Å². The summed E-state index contributed by atoms with van der Waals surface area (Å²) in [6.07, 6.45) is 0.468. The van der Waals surface area contributed by atoms with Gasteiger partial charge in [0.2, 0.25) is 0 Å². The summed E-state index contributed by atoms with van der Waals surface area (Å²) in [6, 6.07) is -1.24. The fraction of sp³-hybridized carbons (Fsp3) is 0.750. The molecule has 3 N–H and O–H groups in total. The van der Waals surface area contributed by atoms with Crippen LogP contribution >= 0.6 is 0 Å². The van der Waals surface area contributed by atoms with Crippen LogP contribution in [0.5, 0.6) is 0 Å². The number of esters is 1. The van der Waals surface area contributed by atoms with E-state index in [4.69, 9.17) is 9.84 Å². The molecule has 0 aromatic heterocycles. The van der Waals surface area contributed by atoms with Crippen molar-refractivity contribution in [2.24, 2.45) is 5.92 Å². The fourth-order valence-corrected chi connectivity index (χ4v) is 1.43. The van der Waals surface area contributed by atoms with E-state index >= 15 is 0 Å². The predicted octanol–water partition coefficient (Wildman–Crippen LogP) is -0.0255. The molecule has 0 heterocycles. The van der Waals surface area contributed by atoms with Gasteiger partial charge in [-0.1, -0.05) is 13.8 Å². The monoisotopic (exact) mass is 290 g/mol. The van der Waals surface area contributed by atoms with Crippen LogP contribution in [-0.2, 0) is 19.1 Å². The minimum atomic E-state index is -1.07. The Balaban J connectivity index is 4.00. The van der Waals surface area contributed by atoms with Crippen LogP contribution in [-0.4, -0.2) is 56.0 Å². The number of carboxylic acids is 1. The lowest BCUT2D eigenvalue weighted by atomic mass is 10.0. The van der Waals surface area contributed by atoms with Crippen LogP contribution in [0.15, 0.2) is 0 Å². The standard InChI is InChI=1S/C12H22N2O6/c1-8(2)6-9(11(17)19-3)14-12(18)13-4-5-20-7-10(15)16/h8-9H,4-7H2,1-3H3,(H,15,16)(H2,13,14,18). The number of hydrogen-bond donors (Lipinski definition) is 3. The Morgan fingerprint density at radius 1 is 1.25 bits per heavy atom. The van der Waals surface area contributed by atoms with Gasteiger partial charge >= 0.3 is 18.0 Å². The summed E-state index contributed by atoms with van der Waals surface area (Å²) in [5.74, 6) is -1.36. The minimum Gasteiger partial charge on any atom is -0.480 e. The highest BCUT2D eigenvalue weighted by Crippen LogP contribution is 2.05. The Morgan fingerprint density at radius 3 is 2.40 bits per heavy atom. The molecule has 0 radical (unpaired) electrons. The molecule has 20 heavy (non-hydrogen) atoms. The molecule has 0 aromatic carbocycles. The summed E-state index contributed by atoms with van der Waals surface area (Å²) >= 11 is 0. The van der Waals surface area contributed by atoms with Gasteiger partial charge in [-0.25, -0.2) is 14.4 Å². The Labute approximate surface area is 117 Å². The molecule has 1 unspecified atom stereocenters. The zero-order chi connectivity index (χ0) is 15.5. The van der Waals surface area contributed by atoms with Crippen molar-refractivity contribution in [2.75, 3.05) is 26.9 Å². The summed E-state index contributed by atoms with van der Waals surface area (Å²) in [6.45, 7) is 3.66. The third-order valence-corrected chi connectivity index (χ3v) is 2.26. The first kappa shape index (κ1) is 18.2. The quantitative estimate of drug-likeness (QED) is 0.406. The van der Waals surface area contributed by atoms with Crippen molar-refractivity contribution in [3.63, 3.8) is 0 Å². The van der Waals surface area contributed by atoms with Gasteiger partial charge in [0.05, 0.1) is 13.7 Å². The number of nitrogens with one attached hydrogen (secondary N) is 2. The van der Waals surface area contributed by atoms with E-state index in [1.807, 2.05) is 13.8 Å². The van der Waals surface area contributed by atoms with Gasteiger partial charge in [-0.2, -0.15) is 0 Å². The minimum absolute atomic E-state index is 0.0762. The van der Waals surface area contributed by atoms with Gasteiger partial charge in [0.1, 0.15) is 12.6 Å². The molecule has 0 aliphatic rings. The summed E-state index contributed by atoms with van der Waals surface area (Å²) in [5, 5.41) is 13.3. The smallest absolute Gasteiger partial charge is 0.329 e. The van der Waals surface area contributed by atoms with Gasteiger partial charge in [-0.15, -0.1) is 0 Å². The van der Waals surface area contributed by atoms with Crippen molar-refractivity contribution in [2.45, 2.75) is 26.3 Å². The predicted molar refractivity (Wildman–Crippen MR) is 70.2 cm³/mol. The van der Waals surface area contributed by atoms with E-state index < -0.39 is 30.6 Å². The molecule has 8 nitrogen and oxygen atoms in total. The largest absolute Gasteiger partial charge is 0.480 e. The molecule has 2 amide bonds. The normalized spacial score (nSPS) is 11.8. The topological polar surface area (TPSA) is 114 Å². The van der Waals surface area contributed by atoms with E-state index in [9.17, 15) is 14.4 Å². The second-order valence-corrected chi connectivity index (χ2v) is 4.55. The summed E-state index contributed by atoms with van der Waals surface area (Å²) in [5.41, 5.74) is 0. The molecule has 0 aliphatic carbocycles. The molecule has 0 aromatic rings. The van der Waals surface area contributed by atoms with Crippen LogP contribution in [0.25, 0.3) is 0 Å². The van der Waals surface area contributed by atoms with Crippen molar-refractivity contribution in [3.8, 4) is 0 Å². The Morgan fingerprint density at radius 2 is 1.90 bits per heavy atom. The highest BCUT2D eigenvalue weighted by Gasteiger charge is 2.22. The Hall–Kier alpha value is -1.83. The molecule has 0 saturated carbocycles. The third-order valence-electron chi connectivity index (χ3n) is 2.26. The zero-order valence-corrected chi connectivity index (χ0v) is 12.0. The van der Waals surface area contributed by atoms with Crippen molar-refractivity contribution < 1.29 is 29.0 Å². The molecule has 0 saturated heterocycles. The second kappa shape index (κ2) is 10.0. The number of carbonyl (C=O) groups excluding carboxylic acids is 2. The number of carboxylic acid groups (broad SMARTS) is 1. The number of methoxy groups -OCH3 is 1. The van der Waals surface area contributed by atoms with Crippen LogP contribution in [0.3, 0.4) is 0 Å². The van der Waals surface area contributed by atoms with Gasteiger partial charge in [0.25, 0.3) is 0 Å². The molecular formula is C12H22N2O6. The van der Waals surface area contributed by atoms with Crippen LogP contribution in [0.1, 0.15) is 20.3 Å². The molecule has 0 fully saturated rings. The van der Waals surface area contributed by atoms with Crippen molar-refractivity contribution in [1.82, 2.24) is 10.6 Å². The van der Waals surface area contributed by atoms with Crippen LogP contribution in [0.2, 0.25) is 0 Å². The van der Waals surface area contributed by atoms with Crippen LogP contribution in [0, 0.1) is 5.92 Å². The number of carbonyl (C=O) groups is 3. The molecule has 8 heteroatoms. The molecule has 116 valence electrons. The van der Waals surface area contributed by atoms with E-state index in [0.717, 1.165) is 0 Å². The maximum Gasteiger partial charge on any atom is 0.329 e. The summed E-state index contributed by atoms with van der Waals surface area (Å²) in [7, 11) is 1.26. The number of amides is 2. The summed E-state index contributed by atoms with van der Waals surface area (Å²) < 4.78 is 9.36. The van der Waals surface area contributed by atoms with Crippen LogP contribution in [0.4, 0.5) is 4.79 Å². The van der Waals surface area contributed by atoms with E-state index in [-0.39, 0.29) is 19.1 Å². The molecule has 0 rings (SSSR count). The molecule has 0 spiro atoms. The SMILES string of the molecule is COC(=O)C(CC(C)C)NC(=O)NCCOCC(=O)O. The average Bonchev–Trinajstić information content (AvgIpc) is 2.35. The third kappa shape index (κ3) is 9.15. The number of rotatable bonds is 9. The highest BCUT2D eigenvalue weighted by molar-refractivity contribution is 5.83. The molecule has 0 bridgehead atoms. The second-order valence-electron chi connectivity index (χ2n) is 4.55. The first-order chi connectivity index (χ1) is 9.36. The zero-order valence-electron chi connectivity index (χ0n) is 12.0. The first-order valence-corrected chi connectivity index (χ1v) is 6.28. The van der Waals surface area contributed by atoms with E-state index in [1.54, 1.807) is 0 Å². The average molecular weight is 290 g/mol.